The SMILES string of the molecule is Cc1cc(C)cc(NC(=O)N2CCN(c3ccccc3C(C)C)CC2)c1. The first-order chi connectivity index (χ1) is 12.4. The number of nitrogens with zero attached hydrogens (tertiary/aromatic N) is 2. The highest BCUT2D eigenvalue weighted by Crippen LogP contribution is 2.28. The summed E-state index contributed by atoms with van der Waals surface area (Å²) in [5.74, 6) is 0.497. The molecule has 4 heteroatoms. The summed E-state index contributed by atoms with van der Waals surface area (Å²) in [4.78, 5) is 16.9. The molecule has 1 N–H and O–H groups in total. The van der Waals surface area contributed by atoms with Crippen molar-refractivity contribution < 1.29 is 4.79 Å². The van der Waals surface area contributed by atoms with E-state index in [2.05, 4.69) is 54.4 Å². The average Bonchev–Trinajstić information content (AvgIpc) is 2.61. The van der Waals surface area contributed by atoms with E-state index in [1.165, 1.54) is 11.3 Å². The molecule has 0 spiro atoms. The number of para-hydroxylation sites is 1. The maximum atomic E-state index is 12.6. The van der Waals surface area contributed by atoms with E-state index in [1.807, 2.05) is 30.9 Å². The Bertz CT molecular complexity index is 756. The molecule has 2 aromatic rings. The monoisotopic (exact) mass is 351 g/mol. The fourth-order valence-corrected chi connectivity index (χ4v) is 3.66. The first-order valence-electron chi connectivity index (χ1n) is 9.42. The van der Waals surface area contributed by atoms with Gasteiger partial charge in [0.25, 0.3) is 0 Å². The van der Waals surface area contributed by atoms with Crippen LogP contribution in [0, 0.1) is 13.8 Å². The third-order valence-electron chi connectivity index (χ3n) is 4.94. The summed E-state index contributed by atoms with van der Waals surface area (Å²) in [6.07, 6.45) is 0. The van der Waals surface area contributed by atoms with Crippen LogP contribution in [0.15, 0.2) is 42.5 Å². The van der Waals surface area contributed by atoms with Gasteiger partial charge in [-0.05, 0) is 54.7 Å². The smallest absolute Gasteiger partial charge is 0.321 e. The molecule has 138 valence electrons. The number of urea groups is 1. The Morgan fingerprint density at radius 1 is 0.962 bits per heavy atom. The molecular weight excluding hydrogens is 322 g/mol. The highest BCUT2D eigenvalue weighted by Gasteiger charge is 2.23. The van der Waals surface area contributed by atoms with E-state index in [-0.39, 0.29) is 6.03 Å². The van der Waals surface area contributed by atoms with E-state index in [9.17, 15) is 4.79 Å². The molecule has 0 unspecified atom stereocenters. The zero-order valence-corrected chi connectivity index (χ0v) is 16.2. The van der Waals surface area contributed by atoms with Crippen molar-refractivity contribution in [3.05, 3.63) is 59.2 Å². The zero-order chi connectivity index (χ0) is 18.7. The van der Waals surface area contributed by atoms with Crippen LogP contribution in [0.1, 0.15) is 36.5 Å². The number of rotatable bonds is 3. The van der Waals surface area contributed by atoms with E-state index < -0.39 is 0 Å². The second kappa shape index (κ2) is 7.81. The second-order valence-electron chi connectivity index (χ2n) is 7.49. The first-order valence-corrected chi connectivity index (χ1v) is 9.42. The van der Waals surface area contributed by atoms with E-state index in [0.29, 0.717) is 5.92 Å². The van der Waals surface area contributed by atoms with Crippen molar-refractivity contribution >= 4 is 17.4 Å². The lowest BCUT2D eigenvalue weighted by atomic mass is 10.00. The summed E-state index contributed by atoms with van der Waals surface area (Å²) in [7, 11) is 0. The van der Waals surface area contributed by atoms with E-state index in [0.717, 1.165) is 43.0 Å². The lowest BCUT2D eigenvalue weighted by molar-refractivity contribution is 0.208. The van der Waals surface area contributed by atoms with Gasteiger partial charge >= 0.3 is 6.03 Å². The molecule has 0 saturated carbocycles. The van der Waals surface area contributed by atoms with Gasteiger partial charge in [-0.1, -0.05) is 38.1 Å². The van der Waals surface area contributed by atoms with Crippen LogP contribution in [0.2, 0.25) is 0 Å². The maximum Gasteiger partial charge on any atom is 0.321 e. The molecule has 2 aromatic carbocycles. The van der Waals surface area contributed by atoms with E-state index in [1.54, 1.807) is 0 Å². The second-order valence-corrected chi connectivity index (χ2v) is 7.49. The summed E-state index contributed by atoms with van der Waals surface area (Å²) in [5, 5.41) is 3.05. The van der Waals surface area contributed by atoms with Crippen molar-refractivity contribution in [2.45, 2.75) is 33.6 Å². The molecule has 1 saturated heterocycles. The van der Waals surface area contributed by atoms with Crippen molar-refractivity contribution in [2.24, 2.45) is 0 Å². The minimum atomic E-state index is -0.00760. The van der Waals surface area contributed by atoms with Gasteiger partial charge in [-0.25, -0.2) is 4.79 Å². The molecule has 1 aliphatic rings. The molecule has 3 rings (SSSR count). The number of benzene rings is 2. The van der Waals surface area contributed by atoms with Crippen molar-refractivity contribution in [1.29, 1.82) is 0 Å². The molecule has 0 atom stereocenters. The van der Waals surface area contributed by atoms with Crippen molar-refractivity contribution in [3.8, 4) is 0 Å². The molecule has 0 bridgehead atoms. The molecule has 26 heavy (non-hydrogen) atoms. The predicted octanol–water partition coefficient (Wildman–Crippen LogP) is 4.78. The van der Waals surface area contributed by atoms with Crippen LogP contribution in [-0.4, -0.2) is 37.1 Å². The van der Waals surface area contributed by atoms with Gasteiger partial charge in [-0.3, -0.25) is 0 Å². The van der Waals surface area contributed by atoms with Crippen LogP contribution in [0.4, 0.5) is 16.2 Å². The number of aryl methyl sites for hydroxylation is 2. The number of hydrogen-bond donors (Lipinski definition) is 1. The normalized spacial score (nSPS) is 14.7. The van der Waals surface area contributed by atoms with Crippen molar-refractivity contribution in [2.75, 3.05) is 36.4 Å². The maximum absolute atomic E-state index is 12.6. The standard InChI is InChI=1S/C22H29N3O/c1-16(2)20-7-5-6-8-21(20)24-9-11-25(12-10-24)22(26)23-19-14-17(3)13-18(4)15-19/h5-8,13-16H,9-12H2,1-4H3,(H,23,26). The predicted molar refractivity (Wildman–Crippen MR) is 109 cm³/mol. The Morgan fingerprint density at radius 2 is 1.58 bits per heavy atom. The highest BCUT2D eigenvalue weighted by atomic mass is 16.2. The Balaban J connectivity index is 1.62. The average molecular weight is 351 g/mol. The summed E-state index contributed by atoms with van der Waals surface area (Å²) in [6, 6.07) is 14.7. The van der Waals surface area contributed by atoms with Gasteiger partial charge in [0.2, 0.25) is 0 Å². The Hall–Kier alpha value is -2.49. The fraction of sp³-hybridized carbons (Fsp3) is 0.409. The number of carbonyl (C=O) groups is 1. The number of nitrogens with one attached hydrogen (secondary N) is 1. The summed E-state index contributed by atoms with van der Waals surface area (Å²) < 4.78 is 0. The molecule has 1 heterocycles. The first kappa shape index (κ1) is 18.3. The summed E-state index contributed by atoms with van der Waals surface area (Å²) >= 11 is 0. The fourth-order valence-electron chi connectivity index (χ4n) is 3.66. The molecular formula is C22H29N3O. The lowest BCUT2D eigenvalue weighted by Gasteiger charge is -2.37. The summed E-state index contributed by atoms with van der Waals surface area (Å²) in [6.45, 7) is 11.8. The van der Waals surface area contributed by atoms with Crippen LogP contribution in [0.3, 0.4) is 0 Å². The number of carbonyl (C=O) groups excluding carboxylic acids is 1. The highest BCUT2D eigenvalue weighted by molar-refractivity contribution is 5.89. The van der Waals surface area contributed by atoms with Crippen LogP contribution in [0.5, 0.6) is 0 Å². The van der Waals surface area contributed by atoms with Crippen molar-refractivity contribution in [1.82, 2.24) is 4.90 Å². The molecule has 2 amide bonds. The van der Waals surface area contributed by atoms with Crippen LogP contribution in [0.25, 0.3) is 0 Å². The number of piperazine rings is 1. The largest absolute Gasteiger partial charge is 0.368 e. The Morgan fingerprint density at radius 3 is 2.19 bits per heavy atom. The molecule has 1 fully saturated rings. The minimum Gasteiger partial charge on any atom is -0.368 e. The molecule has 4 nitrogen and oxygen atoms in total. The van der Waals surface area contributed by atoms with Gasteiger partial charge < -0.3 is 15.1 Å². The molecule has 0 aromatic heterocycles. The van der Waals surface area contributed by atoms with Gasteiger partial charge in [-0.2, -0.15) is 0 Å². The van der Waals surface area contributed by atoms with E-state index >= 15 is 0 Å². The van der Waals surface area contributed by atoms with Crippen LogP contribution < -0.4 is 10.2 Å². The zero-order valence-electron chi connectivity index (χ0n) is 16.2. The third kappa shape index (κ3) is 4.18. The quantitative estimate of drug-likeness (QED) is 0.864. The van der Waals surface area contributed by atoms with Crippen LogP contribution >= 0.6 is 0 Å². The van der Waals surface area contributed by atoms with Gasteiger partial charge in [-0.15, -0.1) is 0 Å². The number of amides is 2. The molecule has 0 radical (unpaired) electrons. The minimum absolute atomic E-state index is 0.00760. The van der Waals surface area contributed by atoms with Gasteiger partial charge in [0.05, 0.1) is 0 Å². The molecule has 0 aliphatic carbocycles. The number of anilines is 2. The Kier molecular flexibility index (Phi) is 5.50. The van der Waals surface area contributed by atoms with E-state index in [4.69, 9.17) is 0 Å². The molecule has 1 aliphatic heterocycles. The van der Waals surface area contributed by atoms with Crippen LogP contribution in [-0.2, 0) is 0 Å². The van der Waals surface area contributed by atoms with Gasteiger partial charge in [0.15, 0.2) is 0 Å². The summed E-state index contributed by atoms with van der Waals surface area (Å²) in [5.41, 5.74) is 5.88. The third-order valence-corrected chi connectivity index (χ3v) is 4.94. The van der Waals surface area contributed by atoms with Gasteiger partial charge in [0.1, 0.15) is 0 Å². The van der Waals surface area contributed by atoms with Gasteiger partial charge in [0, 0.05) is 37.6 Å². The van der Waals surface area contributed by atoms with Crippen molar-refractivity contribution in [3.63, 3.8) is 0 Å². The topological polar surface area (TPSA) is 35.6 Å². The lowest BCUT2D eigenvalue weighted by Crippen LogP contribution is -2.50. The Labute approximate surface area is 156 Å². The number of hydrogen-bond acceptors (Lipinski definition) is 2.